The first kappa shape index (κ1) is 15.6. The maximum Gasteiger partial charge on any atom is 0.0701 e. The van der Waals surface area contributed by atoms with E-state index in [1.54, 1.807) is 7.11 Å². The Labute approximate surface area is 100 Å². The molecule has 0 spiro atoms. The van der Waals surface area contributed by atoms with E-state index in [0.29, 0.717) is 19.3 Å². The van der Waals surface area contributed by atoms with Crippen molar-refractivity contribution in [2.24, 2.45) is 0 Å². The van der Waals surface area contributed by atoms with Crippen molar-refractivity contribution in [1.82, 2.24) is 5.32 Å². The molecule has 0 aromatic rings. The molecule has 0 aliphatic heterocycles. The van der Waals surface area contributed by atoms with Gasteiger partial charge in [0, 0.05) is 13.2 Å². The first-order chi connectivity index (χ1) is 7.85. The highest BCUT2D eigenvalue weighted by atomic mass is 16.5. The zero-order valence-corrected chi connectivity index (χ0v) is 10.8. The zero-order valence-electron chi connectivity index (χ0n) is 10.8. The molecule has 0 aromatic carbocycles. The molecule has 0 aliphatic carbocycles. The highest BCUT2D eigenvalue weighted by Crippen LogP contribution is 2.02. The number of allylic oxidation sites excluding steroid dienone is 1. The molecule has 0 bridgehead atoms. The average Bonchev–Trinajstić information content (AvgIpc) is 2.31. The minimum absolute atomic E-state index is 0.469. The van der Waals surface area contributed by atoms with E-state index in [9.17, 15) is 0 Å². The van der Waals surface area contributed by atoms with Gasteiger partial charge in [-0.3, -0.25) is 0 Å². The Morgan fingerprint density at radius 2 is 2.19 bits per heavy atom. The lowest BCUT2D eigenvalue weighted by atomic mass is 10.1. The van der Waals surface area contributed by atoms with Crippen LogP contribution in [0.3, 0.4) is 0 Å². The summed E-state index contributed by atoms with van der Waals surface area (Å²) in [6.45, 7) is 9.11. The number of rotatable bonds is 12. The summed E-state index contributed by atoms with van der Waals surface area (Å²) in [7, 11) is 1.69. The Balaban J connectivity index is 3.58. The minimum Gasteiger partial charge on any atom is -0.382 e. The predicted octanol–water partition coefficient (Wildman–Crippen LogP) is 2.37. The van der Waals surface area contributed by atoms with Crippen molar-refractivity contribution in [3.63, 3.8) is 0 Å². The van der Waals surface area contributed by atoms with Crippen LogP contribution >= 0.6 is 0 Å². The van der Waals surface area contributed by atoms with Gasteiger partial charge in [-0.15, -0.1) is 6.58 Å². The number of nitrogens with one attached hydrogen (secondary N) is 1. The standard InChI is InChI=1S/C13H27NO2/c1-4-6-7-8-13(14-9-5-2)12-16-11-10-15-3/h4,13-14H,1,5-12H2,2-3H3. The van der Waals surface area contributed by atoms with Gasteiger partial charge in [0.05, 0.1) is 19.8 Å². The summed E-state index contributed by atoms with van der Waals surface area (Å²) in [6, 6.07) is 0.469. The van der Waals surface area contributed by atoms with Crippen LogP contribution in [0, 0.1) is 0 Å². The minimum atomic E-state index is 0.469. The normalized spacial score (nSPS) is 12.6. The van der Waals surface area contributed by atoms with Crippen LogP contribution in [0.25, 0.3) is 0 Å². The second-order valence-corrected chi connectivity index (χ2v) is 3.94. The van der Waals surface area contributed by atoms with Gasteiger partial charge < -0.3 is 14.8 Å². The van der Waals surface area contributed by atoms with Crippen LogP contribution in [0.4, 0.5) is 0 Å². The quantitative estimate of drug-likeness (QED) is 0.412. The Kier molecular flexibility index (Phi) is 12.4. The molecule has 3 heteroatoms. The summed E-state index contributed by atoms with van der Waals surface area (Å²) in [5, 5.41) is 3.51. The SMILES string of the molecule is C=CCCCC(COCCOC)NCCC. The second kappa shape index (κ2) is 12.7. The highest BCUT2D eigenvalue weighted by Gasteiger charge is 2.06. The molecule has 1 unspecified atom stereocenters. The van der Waals surface area contributed by atoms with Crippen molar-refractivity contribution >= 4 is 0 Å². The van der Waals surface area contributed by atoms with E-state index in [1.165, 1.54) is 6.42 Å². The van der Waals surface area contributed by atoms with Crippen molar-refractivity contribution in [3.8, 4) is 0 Å². The van der Waals surface area contributed by atoms with E-state index in [0.717, 1.165) is 32.4 Å². The molecule has 3 nitrogen and oxygen atoms in total. The summed E-state index contributed by atoms with van der Waals surface area (Å²) in [5.41, 5.74) is 0. The molecule has 0 aromatic heterocycles. The Bertz CT molecular complexity index is 151. The molecule has 0 rings (SSSR count). The van der Waals surface area contributed by atoms with Crippen LogP contribution in [0.1, 0.15) is 32.6 Å². The number of methoxy groups -OCH3 is 1. The van der Waals surface area contributed by atoms with E-state index in [4.69, 9.17) is 9.47 Å². The molecule has 16 heavy (non-hydrogen) atoms. The Morgan fingerprint density at radius 3 is 2.81 bits per heavy atom. The third-order valence-electron chi connectivity index (χ3n) is 2.39. The third kappa shape index (κ3) is 10.1. The summed E-state index contributed by atoms with van der Waals surface area (Å²) < 4.78 is 10.5. The lowest BCUT2D eigenvalue weighted by Crippen LogP contribution is -2.34. The molecule has 1 atom stereocenters. The predicted molar refractivity (Wildman–Crippen MR) is 68.8 cm³/mol. The molecule has 96 valence electrons. The van der Waals surface area contributed by atoms with E-state index >= 15 is 0 Å². The summed E-state index contributed by atoms with van der Waals surface area (Å²) in [5.74, 6) is 0. The Hall–Kier alpha value is -0.380. The number of hydrogen-bond acceptors (Lipinski definition) is 3. The average molecular weight is 229 g/mol. The molecule has 0 heterocycles. The van der Waals surface area contributed by atoms with Gasteiger partial charge in [0.25, 0.3) is 0 Å². The van der Waals surface area contributed by atoms with Crippen LogP contribution in [-0.2, 0) is 9.47 Å². The monoisotopic (exact) mass is 229 g/mol. The Morgan fingerprint density at radius 1 is 1.38 bits per heavy atom. The molecular weight excluding hydrogens is 202 g/mol. The molecule has 0 aliphatic rings. The number of ether oxygens (including phenoxy) is 2. The maximum atomic E-state index is 5.55. The van der Waals surface area contributed by atoms with E-state index in [-0.39, 0.29) is 0 Å². The fraction of sp³-hybridized carbons (Fsp3) is 0.846. The first-order valence-corrected chi connectivity index (χ1v) is 6.26. The molecule has 0 saturated heterocycles. The zero-order chi connectivity index (χ0) is 12.1. The van der Waals surface area contributed by atoms with Crippen LogP contribution in [0.5, 0.6) is 0 Å². The molecule has 1 N–H and O–H groups in total. The fourth-order valence-electron chi connectivity index (χ4n) is 1.47. The molecule has 0 fully saturated rings. The van der Waals surface area contributed by atoms with Crippen LogP contribution < -0.4 is 5.32 Å². The smallest absolute Gasteiger partial charge is 0.0701 e. The van der Waals surface area contributed by atoms with Gasteiger partial charge in [-0.1, -0.05) is 13.0 Å². The maximum absolute atomic E-state index is 5.55. The van der Waals surface area contributed by atoms with Gasteiger partial charge in [0.2, 0.25) is 0 Å². The summed E-state index contributed by atoms with van der Waals surface area (Å²) in [6.07, 6.45) is 6.55. The van der Waals surface area contributed by atoms with Crippen LogP contribution in [-0.4, -0.2) is 39.5 Å². The van der Waals surface area contributed by atoms with Crippen molar-refractivity contribution in [2.45, 2.75) is 38.6 Å². The van der Waals surface area contributed by atoms with E-state index < -0.39 is 0 Å². The fourth-order valence-corrected chi connectivity index (χ4v) is 1.47. The second-order valence-electron chi connectivity index (χ2n) is 3.94. The van der Waals surface area contributed by atoms with Crippen molar-refractivity contribution in [2.75, 3.05) is 33.5 Å². The third-order valence-corrected chi connectivity index (χ3v) is 2.39. The molecule has 0 amide bonds. The van der Waals surface area contributed by atoms with Gasteiger partial charge in [0.1, 0.15) is 0 Å². The lowest BCUT2D eigenvalue weighted by molar-refractivity contribution is 0.0572. The van der Waals surface area contributed by atoms with Crippen LogP contribution in [0.2, 0.25) is 0 Å². The lowest BCUT2D eigenvalue weighted by Gasteiger charge is -2.18. The largest absolute Gasteiger partial charge is 0.382 e. The van der Waals surface area contributed by atoms with Gasteiger partial charge in [-0.2, -0.15) is 0 Å². The van der Waals surface area contributed by atoms with Gasteiger partial charge >= 0.3 is 0 Å². The topological polar surface area (TPSA) is 30.5 Å². The van der Waals surface area contributed by atoms with Crippen molar-refractivity contribution < 1.29 is 9.47 Å². The van der Waals surface area contributed by atoms with Crippen molar-refractivity contribution in [3.05, 3.63) is 12.7 Å². The highest BCUT2D eigenvalue weighted by molar-refractivity contribution is 4.71. The van der Waals surface area contributed by atoms with Gasteiger partial charge in [-0.25, -0.2) is 0 Å². The van der Waals surface area contributed by atoms with Crippen molar-refractivity contribution in [1.29, 1.82) is 0 Å². The summed E-state index contributed by atoms with van der Waals surface area (Å²) in [4.78, 5) is 0. The van der Waals surface area contributed by atoms with Gasteiger partial charge in [-0.05, 0) is 32.2 Å². The molecule has 0 radical (unpaired) electrons. The summed E-state index contributed by atoms with van der Waals surface area (Å²) >= 11 is 0. The number of hydrogen-bond donors (Lipinski definition) is 1. The number of unbranched alkanes of at least 4 members (excludes halogenated alkanes) is 1. The molecule has 0 saturated carbocycles. The molecular formula is C13H27NO2. The van der Waals surface area contributed by atoms with E-state index in [1.807, 2.05) is 6.08 Å². The van der Waals surface area contributed by atoms with Crippen LogP contribution in [0.15, 0.2) is 12.7 Å². The van der Waals surface area contributed by atoms with E-state index in [2.05, 4.69) is 18.8 Å². The first-order valence-electron chi connectivity index (χ1n) is 6.26. The van der Waals surface area contributed by atoms with Gasteiger partial charge in [0.15, 0.2) is 0 Å².